The highest BCUT2D eigenvalue weighted by molar-refractivity contribution is 14.1. The van der Waals surface area contributed by atoms with E-state index >= 15 is 0 Å². The molecule has 0 rings (SSSR count). The number of hydrogen-bond donors (Lipinski definition) is 0. The molecule has 0 aromatic carbocycles. The van der Waals surface area contributed by atoms with E-state index in [9.17, 15) is 101 Å². The predicted octanol–water partition coefficient (Wildman–Crippen LogP) is 8.29. The average Bonchev–Trinajstić information content (AvgIpc) is 2.58. The summed E-state index contributed by atoms with van der Waals surface area (Å²) in [5.41, 5.74) is 0. The Balaban J connectivity index is 7.15. The molecule has 1 atom stereocenters. The zero-order valence-corrected chi connectivity index (χ0v) is 16.7. The maximum Gasteiger partial charge on any atom is 0.460 e. The molecule has 0 nitrogen and oxygen atoms in total. The largest absolute Gasteiger partial charge is 0.460 e. The first-order valence-corrected chi connectivity index (χ1v) is 8.11. The minimum absolute atomic E-state index is 1.93. The van der Waals surface area contributed by atoms with Crippen LogP contribution in [0.3, 0.4) is 0 Å². The number of alkyl halides is 24. The first-order valence-electron chi connectivity index (χ1n) is 7.04. The lowest BCUT2D eigenvalue weighted by atomic mass is 9.87. The molecule has 0 saturated heterocycles. The van der Waals surface area contributed by atoms with Crippen LogP contribution in [0.5, 0.6) is 0 Å². The van der Waals surface area contributed by atoms with Gasteiger partial charge in [-0.1, -0.05) is 0 Å². The second kappa shape index (κ2) is 8.06. The number of halogens is 24. The molecular weight excluding hydrogens is 696 g/mol. The summed E-state index contributed by atoms with van der Waals surface area (Å²) in [7, 11) is 0. The lowest BCUT2D eigenvalue weighted by molar-refractivity contribution is -0.456. The van der Waals surface area contributed by atoms with E-state index in [1.807, 2.05) is 0 Å². The van der Waals surface area contributed by atoms with Crippen LogP contribution in [0.25, 0.3) is 0 Å². The lowest BCUT2D eigenvalue weighted by Crippen LogP contribution is -2.77. The van der Waals surface area contributed by atoms with Crippen molar-refractivity contribution in [3.63, 3.8) is 0 Å². The van der Waals surface area contributed by atoms with Crippen molar-refractivity contribution in [1.29, 1.82) is 0 Å². The maximum atomic E-state index is 13.8. The van der Waals surface area contributed by atoms with Crippen LogP contribution >= 0.6 is 22.6 Å². The summed E-state index contributed by atoms with van der Waals surface area (Å²) in [5, 5.41) is 0. The zero-order chi connectivity index (χ0) is 29.5. The first kappa shape index (κ1) is 34.1. The Morgan fingerprint density at radius 3 is 0.571 bits per heavy atom. The predicted molar refractivity (Wildman–Crippen MR) is 69.5 cm³/mol. The third-order valence-electron chi connectivity index (χ3n) is 3.87. The van der Waals surface area contributed by atoms with Gasteiger partial charge in [0, 0.05) is 0 Å². The maximum absolute atomic E-state index is 13.8. The molecule has 0 aromatic rings. The molecule has 35 heavy (non-hydrogen) atoms. The van der Waals surface area contributed by atoms with Crippen LogP contribution in [0.15, 0.2) is 0 Å². The molecule has 0 bridgehead atoms. The Morgan fingerprint density at radius 2 is 0.371 bits per heavy atom. The van der Waals surface area contributed by atoms with E-state index in [0.29, 0.717) is 0 Å². The summed E-state index contributed by atoms with van der Waals surface area (Å²) in [5.74, 6) is -69.8. The molecule has 0 radical (unpaired) electrons. The molecule has 0 saturated carbocycles. The third kappa shape index (κ3) is 4.04. The molecule has 0 aliphatic carbocycles. The van der Waals surface area contributed by atoms with Gasteiger partial charge in [0.25, 0.3) is 3.68 Å². The standard InChI is InChI=1S/C11F23I/c12-1(13,3(16,17)7(24,25)10(29,30)31)2(14,15)5(20,21)9(28,35)6(22,23)4(18,19)8(26,27)11(32,33)34. The van der Waals surface area contributed by atoms with Crippen LogP contribution in [-0.2, 0) is 0 Å². The fourth-order valence-electron chi connectivity index (χ4n) is 1.74. The van der Waals surface area contributed by atoms with Crippen molar-refractivity contribution in [2.24, 2.45) is 0 Å². The van der Waals surface area contributed by atoms with E-state index in [4.69, 9.17) is 0 Å². The van der Waals surface area contributed by atoms with Gasteiger partial charge < -0.3 is 0 Å². The van der Waals surface area contributed by atoms with Crippen molar-refractivity contribution in [3.05, 3.63) is 0 Å². The summed E-state index contributed by atoms with van der Waals surface area (Å²) < 4.78 is 288. The highest BCUT2D eigenvalue weighted by atomic mass is 127. The highest BCUT2D eigenvalue weighted by Crippen LogP contribution is 2.68. The fourth-order valence-corrected chi connectivity index (χ4v) is 2.41. The molecule has 0 fully saturated rings. The van der Waals surface area contributed by atoms with Gasteiger partial charge in [0.15, 0.2) is 0 Å². The third-order valence-corrected chi connectivity index (χ3v) is 5.22. The van der Waals surface area contributed by atoms with Crippen LogP contribution in [0, 0.1) is 0 Å². The minimum atomic E-state index is -9.05. The molecule has 0 N–H and O–H groups in total. The van der Waals surface area contributed by atoms with Gasteiger partial charge in [-0.3, -0.25) is 0 Å². The van der Waals surface area contributed by atoms with Crippen molar-refractivity contribution >= 4 is 22.6 Å². The van der Waals surface area contributed by atoms with Gasteiger partial charge in [-0.15, -0.1) is 0 Å². The average molecular weight is 696 g/mol. The molecule has 0 amide bonds. The summed E-state index contributed by atoms with van der Waals surface area (Å²) in [6, 6.07) is 0. The van der Waals surface area contributed by atoms with Crippen LogP contribution in [0.4, 0.5) is 101 Å². The normalized spacial score (nSPS) is 18.5. The number of rotatable bonds is 8. The van der Waals surface area contributed by atoms with E-state index < -0.39 is 86.0 Å². The monoisotopic (exact) mass is 696 g/mol. The molecule has 0 aromatic heterocycles. The molecule has 212 valence electrons. The van der Waals surface area contributed by atoms with E-state index in [0.717, 1.165) is 0 Å². The second-order valence-electron chi connectivity index (χ2n) is 6.17. The quantitative estimate of drug-likeness (QED) is 0.136. The lowest BCUT2D eigenvalue weighted by Gasteiger charge is -2.45. The van der Waals surface area contributed by atoms with Crippen molar-refractivity contribution < 1.29 is 101 Å². The summed E-state index contributed by atoms with van der Waals surface area (Å²) in [6.07, 6.45) is -16.0. The Kier molecular flexibility index (Phi) is 7.86. The van der Waals surface area contributed by atoms with Crippen LogP contribution < -0.4 is 0 Å². The Bertz CT molecular complexity index is 716. The topological polar surface area (TPSA) is 0 Å². The van der Waals surface area contributed by atoms with Gasteiger partial charge >= 0.3 is 59.7 Å². The summed E-state index contributed by atoms with van der Waals surface area (Å²) in [6.45, 7) is 0. The van der Waals surface area contributed by atoms with Crippen LogP contribution in [0.1, 0.15) is 0 Å². The first-order chi connectivity index (χ1) is 14.5. The molecule has 0 heterocycles. The van der Waals surface area contributed by atoms with Gasteiger partial charge in [-0.2, -0.15) is 96.6 Å². The van der Waals surface area contributed by atoms with Crippen molar-refractivity contribution in [2.45, 2.75) is 63.4 Å². The van der Waals surface area contributed by atoms with Gasteiger partial charge in [-0.05, 0) is 22.6 Å². The number of hydrogen-bond acceptors (Lipinski definition) is 0. The van der Waals surface area contributed by atoms with Gasteiger partial charge in [0.05, 0.1) is 0 Å². The highest BCUT2D eigenvalue weighted by Gasteiger charge is 2.97. The van der Waals surface area contributed by atoms with Crippen LogP contribution in [-0.4, -0.2) is 63.4 Å². The Morgan fingerprint density at radius 1 is 0.229 bits per heavy atom. The summed E-state index contributed by atoms with van der Waals surface area (Å²) >= 11 is -1.93. The molecular formula is C11F23I. The second-order valence-corrected chi connectivity index (χ2v) is 7.65. The van der Waals surface area contributed by atoms with E-state index in [-0.39, 0.29) is 0 Å². The molecule has 1 unspecified atom stereocenters. The van der Waals surface area contributed by atoms with Crippen molar-refractivity contribution in [1.82, 2.24) is 0 Å². The van der Waals surface area contributed by atoms with Gasteiger partial charge in [0.1, 0.15) is 0 Å². The smallest absolute Gasteiger partial charge is 0.218 e. The van der Waals surface area contributed by atoms with E-state index in [1.54, 1.807) is 0 Å². The zero-order valence-electron chi connectivity index (χ0n) is 14.6. The molecule has 24 heteroatoms. The molecule has 0 aliphatic heterocycles. The minimum Gasteiger partial charge on any atom is -0.218 e. The molecule has 0 spiro atoms. The van der Waals surface area contributed by atoms with Gasteiger partial charge in [-0.25, -0.2) is 4.39 Å². The van der Waals surface area contributed by atoms with E-state index in [1.165, 1.54) is 0 Å². The van der Waals surface area contributed by atoms with E-state index in [2.05, 4.69) is 0 Å². The van der Waals surface area contributed by atoms with Crippen LogP contribution in [0.2, 0.25) is 0 Å². The Labute approximate surface area is 187 Å². The Hall–Kier alpha value is -0.880. The van der Waals surface area contributed by atoms with Crippen molar-refractivity contribution in [3.8, 4) is 0 Å². The van der Waals surface area contributed by atoms with Gasteiger partial charge in [0.2, 0.25) is 0 Å². The van der Waals surface area contributed by atoms with Crippen molar-refractivity contribution in [2.75, 3.05) is 0 Å². The fraction of sp³-hybridized carbons (Fsp3) is 1.00. The SMILES string of the molecule is FC(F)(F)C(F)(F)C(F)(F)C(F)(F)C(F)(F)C(F)(F)C(F)(I)C(F)(F)C(F)(F)C(F)(F)C(F)(F)F. The summed E-state index contributed by atoms with van der Waals surface area (Å²) in [4.78, 5) is 0. The molecule has 0 aliphatic rings.